The number of thioether (sulfide) groups is 2. The van der Waals surface area contributed by atoms with Gasteiger partial charge in [-0.2, -0.15) is 0 Å². The van der Waals surface area contributed by atoms with Gasteiger partial charge in [0.25, 0.3) is 0 Å². The number of amides is 2. The number of hydrogen-bond acceptors (Lipinski definition) is 8. The monoisotopic (exact) mass is 372 g/mol. The van der Waals surface area contributed by atoms with Gasteiger partial charge in [-0.25, -0.2) is 4.68 Å². The van der Waals surface area contributed by atoms with Gasteiger partial charge in [-0.1, -0.05) is 11.8 Å². The predicted molar refractivity (Wildman–Crippen MR) is 85.2 cm³/mol. The van der Waals surface area contributed by atoms with Crippen molar-refractivity contribution in [3.63, 3.8) is 0 Å². The van der Waals surface area contributed by atoms with Crippen molar-refractivity contribution in [1.29, 1.82) is 0 Å². The Bertz CT molecular complexity index is 697. The molecule has 2 saturated heterocycles. The third-order valence-corrected chi connectivity index (χ3v) is 6.90. The highest BCUT2D eigenvalue weighted by Gasteiger charge is 2.57. The molecule has 2 N–H and O–H groups in total. The zero-order chi connectivity index (χ0) is 17.5. The number of carbonyl (C=O) groups excluding carboxylic acids is 2. The van der Waals surface area contributed by atoms with Gasteiger partial charge >= 0.3 is 5.97 Å². The lowest BCUT2D eigenvalue weighted by molar-refractivity contribution is -0.157. The summed E-state index contributed by atoms with van der Waals surface area (Å²) in [5.74, 6) is -0.852. The van der Waals surface area contributed by atoms with E-state index in [9.17, 15) is 19.5 Å². The molecule has 1 aromatic rings. The minimum absolute atomic E-state index is 0.118. The Morgan fingerprint density at radius 1 is 1.54 bits per heavy atom. The largest absolute Gasteiger partial charge is 0.481 e. The Hall–Kier alpha value is -1.82. The lowest BCUT2D eigenvalue weighted by Gasteiger charge is -2.53. The first-order valence-corrected chi connectivity index (χ1v) is 9.15. The Morgan fingerprint density at radius 3 is 2.88 bits per heavy atom. The molecule has 2 aliphatic rings. The van der Waals surface area contributed by atoms with Crippen LogP contribution in [0.5, 0.6) is 0 Å². The van der Waals surface area contributed by atoms with E-state index in [1.807, 2.05) is 0 Å². The Kier molecular flexibility index (Phi) is 4.42. The molecule has 0 bridgehead atoms. The standard InChI is InChI=1S/C12H16N6O4S2/c1-6(19)13-7-8(20)18-3-12(10(21)22,4-23-9(7)18)5-24-11-14-15-16-17(11)2/h7,9H,3-5H2,1-2H3,(H,13,19)(H,21,22)/t7?,9-,12?/m1/s1. The molecule has 2 unspecified atom stereocenters. The molecule has 2 amide bonds. The van der Waals surface area contributed by atoms with Crippen LogP contribution in [0.4, 0.5) is 0 Å². The van der Waals surface area contributed by atoms with Gasteiger partial charge in [0.05, 0.1) is 0 Å². The molecule has 1 aromatic heterocycles. The van der Waals surface area contributed by atoms with Gasteiger partial charge in [0.15, 0.2) is 0 Å². The molecule has 2 fully saturated rings. The van der Waals surface area contributed by atoms with E-state index in [1.54, 1.807) is 7.05 Å². The van der Waals surface area contributed by atoms with E-state index in [2.05, 4.69) is 20.8 Å². The number of rotatable bonds is 5. The molecule has 10 nitrogen and oxygen atoms in total. The zero-order valence-electron chi connectivity index (χ0n) is 13.0. The molecular formula is C12H16N6O4S2. The van der Waals surface area contributed by atoms with E-state index >= 15 is 0 Å². The third-order valence-electron chi connectivity index (χ3n) is 4.02. The van der Waals surface area contributed by atoms with Gasteiger partial charge in [0.2, 0.25) is 17.0 Å². The lowest BCUT2D eigenvalue weighted by Crippen LogP contribution is -2.73. The van der Waals surface area contributed by atoms with Gasteiger partial charge < -0.3 is 15.3 Å². The average molecular weight is 372 g/mol. The van der Waals surface area contributed by atoms with Crippen LogP contribution >= 0.6 is 23.5 Å². The van der Waals surface area contributed by atoms with E-state index in [0.717, 1.165) is 0 Å². The van der Waals surface area contributed by atoms with Gasteiger partial charge in [0.1, 0.15) is 16.8 Å². The van der Waals surface area contributed by atoms with Crippen molar-refractivity contribution < 1.29 is 19.5 Å². The molecule has 2 aliphatic heterocycles. The Morgan fingerprint density at radius 2 is 2.29 bits per heavy atom. The van der Waals surface area contributed by atoms with Crippen molar-refractivity contribution >= 4 is 41.3 Å². The molecule has 24 heavy (non-hydrogen) atoms. The van der Waals surface area contributed by atoms with Crippen molar-refractivity contribution in [3.05, 3.63) is 0 Å². The summed E-state index contributed by atoms with van der Waals surface area (Å²) in [4.78, 5) is 36.7. The zero-order valence-corrected chi connectivity index (χ0v) is 14.6. The minimum atomic E-state index is -1.07. The highest BCUT2D eigenvalue weighted by Crippen LogP contribution is 2.44. The summed E-state index contributed by atoms with van der Waals surface area (Å²) in [6.07, 6.45) is 0. The number of tetrazole rings is 1. The smallest absolute Gasteiger partial charge is 0.313 e. The first kappa shape index (κ1) is 17.0. The van der Waals surface area contributed by atoms with Crippen molar-refractivity contribution in [2.24, 2.45) is 12.5 Å². The maximum atomic E-state index is 12.2. The SMILES string of the molecule is CC(=O)NC1C(=O)N2CC(CSc3nnnn3C)(C(=O)O)CS[C@H]12. The molecule has 0 spiro atoms. The van der Waals surface area contributed by atoms with E-state index in [0.29, 0.717) is 10.9 Å². The van der Waals surface area contributed by atoms with Crippen LogP contribution in [0.3, 0.4) is 0 Å². The minimum Gasteiger partial charge on any atom is -0.481 e. The van der Waals surface area contributed by atoms with Gasteiger partial charge in [0, 0.05) is 32.0 Å². The summed E-state index contributed by atoms with van der Waals surface area (Å²) in [5.41, 5.74) is -1.07. The second-order valence-electron chi connectivity index (χ2n) is 5.81. The Labute approximate surface area is 145 Å². The number of carboxylic acids is 1. The normalized spacial score (nSPS) is 28.9. The van der Waals surface area contributed by atoms with E-state index < -0.39 is 17.4 Å². The molecule has 3 rings (SSSR count). The number of fused-ring (bicyclic) bond motifs is 1. The summed E-state index contributed by atoms with van der Waals surface area (Å²) >= 11 is 2.63. The van der Waals surface area contributed by atoms with Crippen LogP contribution in [0.1, 0.15) is 6.92 Å². The quantitative estimate of drug-likeness (QED) is 0.483. The highest BCUT2D eigenvalue weighted by atomic mass is 32.2. The number of carbonyl (C=O) groups is 3. The molecule has 3 heterocycles. The van der Waals surface area contributed by atoms with Crippen molar-refractivity contribution in [3.8, 4) is 0 Å². The molecule has 130 valence electrons. The van der Waals surface area contributed by atoms with Crippen LogP contribution in [-0.2, 0) is 21.4 Å². The molecule has 0 radical (unpaired) electrons. The van der Waals surface area contributed by atoms with E-state index in [4.69, 9.17) is 0 Å². The topological polar surface area (TPSA) is 130 Å². The fourth-order valence-corrected chi connectivity index (χ4v) is 5.38. The molecule has 12 heteroatoms. The maximum Gasteiger partial charge on any atom is 0.313 e. The fraction of sp³-hybridized carbons (Fsp3) is 0.667. The average Bonchev–Trinajstić information content (AvgIpc) is 2.95. The van der Waals surface area contributed by atoms with Crippen LogP contribution in [0.2, 0.25) is 0 Å². The fourth-order valence-electron chi connectivity index (χ4n) is 2.67. The molecule has 0 aliphatic carbocycles. The van der Waals surface area contributed by atoms with Crippen LogP contribution < -0.4 is 5.32 Å². The van der Waals surface area contributed by atoms with Crippen molar-refractivity contribution in [2.75, 3.05) is 18.1 Å². The number of nitrogens with one attached hydrogen (secondary N) is 1. The number of nitrogens with zero attached hydrogens (tertiary/aromatic N) is 5. The lowest BCUT2D eigenvalue weighted by atomic mass is 9.89. The predicted octanol–water partition coefficient (Wildman–Crippen LogP) is -1.21. The van der Waals surface area contributed by atoms with Crippen LogP contribution in [0.15, 0.2) is 5.16 Å². The Balaban J connectivity index is 1.70. The summed E-state index contributed by atoms with van der Waals surface area (Å²) in [5, 5.41) is 23.7. The van der Waals surface area contributed by atoms with Crippen LogP contribution in [0.25, 0.3) is 0 Å². The number of aromatic nitrogens is 4. The van der Waals surface area contributed by atoms with Crippen LogP contribution in [0, 0.1) is 5.41 Å². The number of aliphatic carboxylic acids is 1. The second-order valence-corrected chi connectivity index (χ2v) is 7.85. The molecule has 3 atom stereocenters. The van der Waals surface area contributed by atoms with Crippen LogP contribution in [-0.4, -0.2) is 77.5 Å². The van der Waals surface area contributed by atoms with E-state index in [-0.39, 0.29) is 29.5 Å². The number of aryl methyl sites for hydroxylation is 1. The summed E-state index contributed by atoms with van der Waals surface area (Å²) in [6.45, 7) is 1.48. The second kappa shape index (κ2) is 6.24. The summed E-state index contributed by atoms with van der Waals surface area (Å²) in [6, 6.07) is -0.560. The summed E-state index contributed by atoms with van der Waals surface area (Å²) in [7, 11) is 1.68. The summed E-state index contributed by atoms with van der Waals surface area (Å²) < 4.78 is 1.47. The van der Waals surface area contributed by atoms with Gasteiger partial charge in [-0.05, 0) is 10.4 Å². The van der Waals surface area contributed by atoms with E-state index in [1.165, 1.54) is 40.0 Å². The molecular weight excluding hydrogens is 356 g/mol. The maximum absolute atomic E-state index is 12.2. The van der Waals surface area contributed by atoms with Gasteiger partial charge in [-0.15, -0.1) is 16.9 Å². The molecule has 0 saturated carbocycles. The first-order chi connectivity index (χ1) is 11.3. The number of carboxylic acid groups (broad SMARTS) is 1. The first-order valence-electron chi connectivity index (χ1n) is 7.12. The number of hydrogen-bond donors (Lipinski definition) is 2. The van der Waals surface area contributed by atoms with Crippen molar-refractivity contribution in [2.45, 2.75) is 23.5 Å². The van der Waals surface area contributed by atoms with Gasteiger partial charge in [-0.3, -0.25) is 14.4 Å². The molecule has 0 aromatic carbocycles. The third kappa shape index (κ3) is 2.83. The highest BCUT2D eigenvalue weighted by molar-refractivity contribution is 8.00. The van der Waals surface area contributed by atoms with Crippen molar-refractivity contribution in [1.82, 2.24) is 30.4 Å². The number of β-lactam (4-membered cyclic amide) rings is 1.